The lowest BCUT2D eigenvalue weighted by molar-refractivity contribution is -0.138. The van der Waals surface area contributed by atoms with E-state index in [9.17, 15) is 9.90 Å². The molecule has 0 saturated carbocycles. The van der Waals surface area contributed by atoms with Gasteiger partial charge in [0.05, 0.1) is 11.3 Å². The number of aliphatic carboxylic acids is 1. The van der Waals surface area contributed by atoms with Crippen LogP contribution in [0.15, 0.2) is 48.5 Å². The molecule has 0 saturated heterocycles. The maximum atomic E-state index is 11.4. The Morgan fingerprint density at radius 2 is 1.95 bits per heavy atom. The standard InChI is InChI=1S/C15H11ClN2O2/c16-12-7-6-11(9-17)13(8-12)18-14(15(19)20)10-4-2-1-3-5-10/h1-8,14,18H,(H,19,20). The van der Waals surface area contributed by atoms with Gasteiger partial charge in [0.2, 0.25) is 0 Å². The van der Waals surface area contributed by atoms with Gasteiger partial charge in [-0.3, -0.25) is 0 Å². The zero-order valence-electron chi connectivity index (χ0n) is 10.4. The van der Waals surface area contributed by atoms with E-state index in [1.54, 1.807) is 42.5 Å². The summed E-state index contributed by atoms with van der Waals surface area (Å²) < 4.78 is 0. The Balaban J connectivity index is 2.37. The monoisotopic (exact) mass is 286 g/mol. The molecule has 20 heavy (non-hydrogen) atoms. The quantitative estimate of drug-likeness (QED) is 0.903. The van der Waals surface area contributed by atoms with Crippen LogP contribution in [0.3, 0.4) is 0 Å². The van der Waals surface area contributed by atoms with Gasteiger partial charge in [0, 0.05) is 5.02 Å². The maximum absolute atomic E-state index is 11.4. The van der Waals surface area contributed by atoms with Crippen molar-refractivity contribution in [3.63, 3.8) is 0 Å². The predicted octanol–water partition coefficient (Wildman–Crippen LogP) is 3.45. The lowest BCUT2D eigenvalue weighted by atomic mass is 10.1. The normalized spacial score (nSPS) is 11.4. The second-order valence-electron chi connectivity index (χ2n) is 4.13. The van der Waals surface area contributed by atoms with Crippen LogP contribution in [-0.2, 0) is 4.79 Å². The van der Waals surface area contributed by atoms with Gasteiger partial charge < -0.3 is 10.4 Å². The summed E-state index contributed by atoms with van der Waals surface area (Å²) in [6, 6.07) is 14.5. The van der Waals surface area contributed by atoms with Crippen LogP contribution < -0.4 is 5.32 Å². The van der Waals surface area contributed by atoms with Gasteiger partial charge in [0.25, 0.3) is 0 Å². The summed E-state index contributed by atoms with van der Waals surface area (Å²) in [5.74, 6) is -1.03. The van der Waals surface area contributed by atoms with E-state index >= 15 is 0 Å². The first-order chi connectivity index (χ1) is 9.61. The van der Waals surface area contributed by atoms with E-state index in [1.807, 2.05) is 12.1 Å². The molecule has 0 heterocycles. The zero-order chi connectivity index (χ0) is 14.5. The zero-order valence-corrected chi connectivity index (χ0v) is 11.1. The van der Waals surface area contributed by atoms with Crippen LogP contribution in [0.25, 0.3) is 0 Å². The number of halogens is 1. The van der Waals surface area contributed by atoms with E-state index in [4.69, 9.17) is 16.9 Å². The lowest BCUT2D eigenvalue weighted by Gasteiger charge is -2.17. The highest BCUT2D eigenvalue weighted by Gasteiger charge is 2.20. The van der Waals surface area contributed by atoms with E-state index in [0.717, 1.165) is 0 Å². The first kappa shape index (κ1) is 13.9. The van der Waals surface area contributed by atoms with Gasteiger partial charge in [0.15, 0.2) is 6.04 Å². The van der Waals surface area contributed by atoms with Gasteiger partial charge in [-0.15, -0.1) is 0 Å². The van der Waals surface area contributed by atoms with Crippen LogP contribution in [0.4, 0.5) is 5.69 Å². The molecule has 0 spiro atoms. The molecule has 2 rings (SSSR count). The van der Waals surface area contributed by atoms with Crippen molar-refractivity contribution in [2.24, 2.45) is 0 Å². The molecule has 5 heteroatoms. The molecule has 2 N–H and O–H groups in total. The van der Waals surface area contributed by atoms with Gasteiger partial charge in [-0.1, -0.05) is 41.9 Å². The second kappa shape index (κ2) is 6.09. The van der Waals surface area contributed by atoms with Crippen molar-refractivity contribution in [2.45, 2.75) is 6.04 Å². The van der Waals surface area contributed by atoms with E-state index in [0.29, 0.717) is 21.8 Å². The highest BCUT2D eigenvalue weighted by atomic mass is 35.5. The van der Waals surface area contributed by atoms with E-state index in [-0.39, 0.29) is 0 Å². The van der Waals surface area contributed by atoms with Crippen LogP contribution in [-0.4, -0.2) is 11.1 Å². The van der Waals surface area contributed by atoms with E-state index < -0.39 is 12.0 Å². The highest BCUT2D eigenvalue weighted by Crippen LogP contribution is 2.25. The largest absolute Gasteiger partial charge is 0.479 e. The summed E-state index contributed by atoms with van der Waals surface area (Å²) in [7, 11) is 0. The Morgan fingerprint density at radius 1 is 1.25 bits per heavy atom. The average molecular weight is 287 g/mol. The number of hydrogen-bond acceptors (Lipinski definition) is 3. The Labute approximate surface area is 121 Å². The molecule has 1 unspecified atom stereocenters. The summed E-state index contributed by atoms with van der Waals surface area (Å²) in [6.45, 7) is 0. The second-order valence-corrected chi connectivity index (χ2v) is 4.56. The molecule has 1 atom stereocenters. The molecule has 0 aliphatic carbocycles. The summed E-state index contributed by atoms with van der Waals surface area (Å²) in [4.78, 5) is 11.4. The maximum Gasteiger partial charge on any atom is 0.330 e. The molecule has 2 aromatic rings. The minimum atomic E-state index is -1.03. The first-order valence-electron chi connectivity index (χ1n) is 5.86. The van der Waals surface area contributed by atoms with Crippen LogP contribution >= 0.6 is 11.6 Å². The number of carboxylic acid groups (broad SMARTS) is 1. The number of carbonyl (C=O) groups is 1. The number of carboxylic acids is 1. The van der Waals surface area contributed by atoms with Crippen molar-refractivity contribution in [3.8, 4) is 6.07 Å². The Kier molecular flexibility index (Phi) is 4.24. The van der Waals surface area contributed by atoms with Crippen molar-refractivity contribution in [3.05, 3.63) is 64.7 Å². The first-order valence-corrected chi connectivity index (χ1v) is 6.23. The fourth-order valence-corrected chi connectivity index (χ4v) is 1.99. The fraction of sp³-hybridized carbons (Fsp3) is 0.0667. The number of rotatable bonds is 4. The molecule has 0 aliphatic heterocycles. The molecule has 0 aromatic heterocycles. The highest BCUT2D eigenvalue weighted by molar-refractivity contribution is 6.30. The smallest absolute Gasteiger partial charge is 0.330 e. The fourth-order valence-electron chi connectivity index (χ4n) is 1.82. The molecule has 100 valence electrons. The molecular formula is C15H11ClN2O2. The van der Waals surface area contributed by atoms with Crippen molar-refractivity contribution >= 4 is 23.3 Å². The van der Waals surface area contributed by atoms with E-state index in [2.05, 4.69) is 5.32 Å². The van der Waals surface area contributed by atoms with E-state index in [1.165, 1.54) is 0 Å². The Morgan fingerprint density at radius 3 is 2.55 bits per heavy atom. The van der Waals surface area contributed by atoms with Crippen molar-refractivity contribution in [2.75, 3.05) is 5.32 Å². The molecule has 0 aliphatic rings. The van der Waals surface area contributed by atoms with Crippen LogP contribution in [0, 0.1) is 11.3 Å². The summed E-state index contributed by atoms with van der Waals surface area (Å²) >= 11 is 5.89. The van der Waals surface area contributed by atoms with Gasteiger partial charge in [0.1, 0.15) is 6.07 Å². The Hall–Kier alpha value is -2.51. The number of nitrogens with one attached hydrogen (secondary N) is 1. The van der Waals surface area contributed by atoms with Crippen molar-refractivity contribution in [1.82, 2.24) is 0 Å². The lowest BCUT2D eigenvalue weighted by Crippen LogP contribution is -2.20. The number of nitriles is 1. The van der Waals surface area contributed by atoms with Gasteiger partial charge >= 0.3 is 5.97 Å². The molecule has 4 nitrogen and oxygen atoms in total. The van der Waals surface area contributed by atoms with Crippen molar-refractivity contribution < 1.29 is 9.90 Å². The summed E-state index contributed by atoms with van der Waals surface area (Å²) in [5.41, 5.74) is 1.34. The van der Waals surface area contributed by atoms with Crippen LogP contribution in [0.2, 0.25) is 5.02 Å². The summed E-state index contributed by atoms with van der Waals surface area (Å²) in [5, 5.41) is 21.7. The average Bonchev–Trinajstić information content (AvgIpc) is 2.45. The molecule has 0 amide bonds. The minimum Gasteiger partial charge on any atom is -0.479 e. The predicted molar refractivity (Wildman–Crippen MR) is 76.6 cm³/mol. The molecular weight excluding hydrogens is 276 g/mol. The SMILES string of the molecule is N#Cc1ccc(Cl)cc1NC(C(=O)O)c1ccccc1. The third kappa shape index (κ3) is 3.08. The van der Waals surface area contributed by atoms with Gasteiger partial charge in [-0.05, 0) is 23.8 Å². The third-order valence-electron chi connectivity index (χ3n) is 2.78. The van der Waals surface area contributed by atoms with Crippen LogP contribution in [0.1, 0.15) is 17.2 Å². The van der Waals surface area contributed by atoms with Gasteiger partial charge in [-0.2, -0.15) is 5.26 Å². The number of hydrogen-bond donors (Lipinski definition) is 2. The number of nitrogens with zero attached hydrogens (tertiary/aromatic N) is 1. The van der Waals surface area contributed by atoms with Crippen LogP contribution in [0.5, 0.6) is 0 Å². The molecule has 0 radical (unpaired) electrons. The molecule has 0 fully saturated rings. The topological polar surface area (TPSA) is 73.1 Å². The number of anilines is 1. The third-order valence-corrected chi connectivity index (χ3v) is 3.02. The minimum absolute atomic E-state index is 0.344. The number of benzene rings is 2. The molecule has 2 aromatic carbocycles. The summed E-state index contributed by atoms with van der Waals surface area (Å²) in [6.07, 6.45) is 0. The molecule has 0 bridgehead atoms. The van der Waals surface area contributed by atoms with Gasteiger partial charge in [-0.25, -0.2) is 4.79 Å². The Bertz CT molecular complexity index is 665. The van der Waals surface area contributed by atoms with Crippen molar-refractivity contribution in [1.29, 1.82) is 5.26 Å².